The predicted octanol–water partition coefficient (Wildman–Crippen LogP) is 2.33. The van der Waals surface area contributed by atoms with Gasteiger partial charge in [0.15, 0.2) is 5.96 Å². The van der Waals surface area contributed by atoms with Gasteiger partial charge < -0.3 is 15.4 Å². The van der Waals surface area contributed by atoms with E-state index in [9.17, 15) is 0 Å². The van der Waals surface area contributed by atoms with Crippen LogP contribution in [0.25, 0.3) is 0 Å². The number of hydrogen-bond donors (Lipinski definition) is 2. The topological polar surface area (TPSA) is 48.9 Å². The Balaban J connectivity index is 0.00000484. The molecule has 1 atom stereocenters. The second-order valence-corrected chi connectivity index (χ2v) is 5.33. The number of rotatable bonds is 9. The maximum atomic E-state index is 5.31. The van der Waals surface area contributed by atoms with E-state index in [-0.39, 0.29) is 24.0 Å². The van der Waals surface area contributed by atoms with E-state index in [0.717, 1.165) is 32.2 Å². The number of nitrogens with one attached hydrogen (secondary N) is 2. The molecule has 23 heavy (non-hydrogen) atoms. The van der Waals surface area contributed by atoms with Crippen molar-refractivity contribution in [2.24, 2.45) is 4.99 Å². The molecule has 0 saturated heterocycles. The van der Waals surface area contributed by atoms with Crippen molar-refractivity contribution < 1.29 is 4.74 Å². The van der Waals surface area contributed by atoms with Crippen molar-refractivity contribution in [3.05, 3.63) is 35.9 Å². The molecule has 132 valence electrons. The zero-order chi connectivity index (χ0) is 16.2. The van der Waals surface area contributed by atoms with Crippen molar-refractivity contribution in [2.75, 3.05) is 40.4 Å². The van der Waals surface area contributed by atoms with E-state index < -0.39 is 0 Å². The first-order chi connectivity index (χ1) is 10.7. The lowest BCUT2D eigenvalue weighted by Gasteiger charge is -2.25. The molecule has 0 bridgehead atoms. The van der Waals surface area contributed by atoms with E-state index in [1.54, 1.807) is 7.05 Å². The van der Waals surface area contributed by atoms with Crippen LogP contribution in [0.4, 0.5) is 0 Å². The highest BCUT2D eigenvalue weighted by Crippen LogP contribution is 2.05. The Morgan fingerprint density at radius 3 is 2.57 bits per heavy atom. The predicted molar refractivity (Wildman–Crippen MR) is 109 cm³/mol. The minimum atomic E-state index is 0. The molecule has 6 heteroatoms. The lowest BCUT2D eigenvalue weighted by atomic mass is 10.2. The molecule has 1 aromatic rings. The molecule has 0 aliphatic rings. The van der Waals surface area contributed by atoms with Crippen LogP contribution in [0.15, 0.2) is 35.3 Å². The Hall–Kier alpha value is -0.860. The van der Waals surface area contributed by atoms with Gasteiger partial charge in [-0.15, -0.1) is 24.0 Å². The van der Waals surface area contributed by atoms with Gasteiger partial charge in [0.2, 0.25) is 0 Å². The Labute approximate surface area is 157 Å². The first-order valence-corrected chi connectivity index (χ1v) is 7.93. The van der Waals surface area contributed by atoms with Crippen LogP contribution in [0.3, 0.4) is 0 Å². The molecule has 0 heterocycles. The Morgan fingerprint density at radius 2 is 1.96 bits per heavy atom. The van der Waals surface area contributed by atoms with Crippen LogP contribution in [0, 0.1) is 0 Å². The highest BCUT2D eigenvalue weighted by Gasteiger charge is 2.10. The van der Waals surface area contributed by atoms with Gasteiger partial charge in [-0.3, -0.25) is 9.89 Å². The molecule has 0 amide bonds. The molecule has 0 saturated carbocycles. The summed E-state index contributed by atoms with van der Waals surface area (Å²) in [6, 6.07) is 10.9. The van der Waals surface area contributed by atoms with Crippen molar-refractivity contribution in [3.63, 3.8) is 0 Å². The third kappa shape index (κ3) is 9.78. The monoisotopic (exact) mass is 434 g/mol. The quantitative estimate of drug-likeness (QED) is 0.271. The molecular weight excluding hydrogens is 403 g/mol. The van der Waals surface area contributed by atoms with E-state index >= 15 is 0 Å². The minimum Gasteiger partial charge on any atom is -0.380 e. The molecule has 0 radical (unpaired) electrons. The van der Waals surface area contributed by atoms with Gasteiger partial charge in [0.05, 0.1) is 6.61 Å². The van der Waals surface area contributed by atoms with Crippen LogP contribution in [0.5, 0.6) is 0 Å². The van der Waals surface area contributed by atoms with Crippen LogP contribution >= 0.6 is 24.0 Å². The number of guanidine groups is 1. The summed E-state index contributed by atoms with van der Waals surface area (Å²) < 4.78 is 5.31. The SMILES string of the molecule is CCOCCNC(=NC)NCC(C)N(C)Cc1ccccc1.I. The molecule has 0 spiro atoms. The zero-order valence-electron chi connectivity index (χ0n) is 14.7. The molecule has 2 N–H and O–H groups in total. The Bertz CT molecular complexity index is 428. The van der Waals surface area contributed by atoms with Gasteiger partial charge >= 0.3 is 0 Å². The normalized spacial score (nSPS) is 12.7. The zero-order valence-corrected chi connectivity index (χ0v) is 17.0. The number of ether oxygens (including phenoxy) is 1. The average Bonchev–Trinajstić information content (AvgIpc) is 2.54. The first kappa shape index (κ1) is 22.1. The molecule has 5 nitrogen and oxygen atoms in total. The molecule has 0 aliphatic heterocycles. The number of likely N-dealkylation sites (N-methyl/N-ethyl adjacent to an activating group) is 1. The lowest BCUT2D eigenvalue weighted by molar-refractivity contribution is 0.152. The highest BCUT2D eigenvalue weighted by molar-refractivity contribution is 14.0. The van der Waals surface area contributed by atoms with Crippen molar-refractivity contribution in [1.29, 1.82) is 0 Å². The van der Waals surface area contributed by atoms with Gasteiger partial charge in [-0.2, -0.15) is 0 Å². The van der Waals surface area contributed by atoms with Gasteiger partial charge in [0.25, 0.3) is 0 Å². The van der Waals surface area contributed by atoms with Crippen molar-refractivity contribution in [3.8, 4) is 0 Å². The number of nitrogens with zero attached hydrogens (tertiary/aromatic N) is 2. The summed E-state index contributed by atoms with van der Waals surface area (Å²) in [6.45, 7) is 8.20. The lowest BCUT2D eigenvalue weighted by Crippen LogP contribution is -2.45. The summed E-state index contributed by atoms with van der Waals surface area (Å²) in [5.74, 6) is 0.819. The second-order valence-electron chi connectivity index (χ2n) is 5.33. The van der Waals surface area contributed by atoms with Crippen molar-refractivity contribution in [1.82, 2.24) is 15.5 Å². The third-order valence-electron chi connectivity index (χ3n) is 3.56. The van der Waals surface area contributed by atoms with E-state index in [2.05, 4.69) is 58.8 Å². The van der Waals surface area contributed by atoms with Crippen LogP contribution in [0.1, 0.15) is 19.4 Å². The maximum Gasteiger partial charge on any atom is 0.191 e. The Kier molecular flexibility index (Phi) is 13.1. The fourth-order valence-electron chi connectivity index (χ4n) is 2.03. The minimum absolute atomic E-state index is 0. The number of hydrogen-bond acceptors (Lipinski definition) is 3. The van der Waals surface area contributed by atoms with Crippen LogP contribution < -0.4 is 10.6 Å². The van der Waals surface area contributed by atoms with Crippen molar-refractivity contribution in [2.45, 2.75) is 26.4 Å². The van der Waals surface area contributed by atoms with Crippen LogP contribution in [0.2, 0.25) is 0 Å². The molecule has 0 aromatic heterocycles. The van der Waals surface area contributed by atoms with E-state index in [4.69, 9.17) is 4.74 Å². The summed E-state index contributed by atoms with van der Waals surface area (Å²) in [5, 5.41) is 6.60. The van der Waals surface area contributed by atoms with E-state index in [1.807, 2.05) is 13.0 Å². The van der Waals surface area contributed by atoms with E-state index in [1.165, 1.54) is 5.56 Å². The van der Waals surface area contributed by atoms with Gasteiger partial charge in [0, 0.05) is 39.3 Å². The molecule has 1 aromatic carbocycles. The van der Waals surface area contributed by atoms with E-state index in [0.29, 0.717) is 12.6 Å². The largest absolute Gasteiger partial charge is 0.380 e. The fourth-order valence-corrected chi connectivity index (χ4v) is 2.03. The summed E-state index contributed by atoms with van der Waals surface area (Å²) in [4.78, 5) is 6.55. The highest BCUT2D eigenvalue weighted by atomic mass is 127. The maximum absolute atomic E-state index is 5.31. The second kappa shape index (κ2) is 13.6. The molecule has 0 aliphatic carbocycles. The average molecular weight is 434 g/mol. The fraction of sp³-hybridized carbons (Fsp3) is 0.588. The first-order valence-electron chi connectivity index (χ1n) is 7.93. The molecule has 0 fully saturated rings. The molecule has 1 unspecified atom stereocenters. The summed E-state index contributed by atoms with van der Waals surface area (Å²) in [5.41, 5.74) is 1.33. The number of benzene rings is 1. The summed E-state index contributed by atoms with van der Waals surface area (Å²) >= 11 is 0. The molecular formula is C17H31IN4O. The van der Waals surface area contributed by atoms with Crippen molar-refractivity contribution >= 4 is 29.9 Å². The van der Waals surface area contributed by atoms with Gasteiger partial charge in [-0.1, -0.05) is 30.3 Å². The summed E-state index contributed by atoms with van der Waals surface area (Å²) in [7, 11) is 3.93. The van der Waals surface area contributed by atoms with Gasteiger partial charge in [-0.05, 0) is 26.5 Å². The van der Waals surface area contributed by atoms with Gasteiger partial charge in [-0.25, -0.2) is 0 Å². The standard InChI is InChI=1S/C17H30N4O.HI/c1-5-22-12-11-19-17(18-3)20-13-15(2)21(4)14-16-9-7-6-8-10-16;/h6-10,15H,5,11-14H2,1-4H3,(H2,18,19,20);1H. The Morgan fingerprint density at radius 1 is 1.26 bits per heavy atom. The van der Waals surface area contributed by atoms with Crippen LogP contribution in [-0.4, -0.2) is 57.3 Å². The number of aliphatic imine (C=N–C) groups is 1. The summed E-state index contributed by atoms with van der Waals surface area (Å²) in [6.07, 6.45) is 0. The van der Waals surface area contributed by atoms with Crippen LogP contribution in [-0.2, 0) is 11.3 Å². The smallest absolute Gasteiger partial charge is 0.191 e. The number of halogens is 1. The third-order valence-corrected chi connectivity index (χ3v) is 3.56. The van der Waals surface area contributed by atoms with Gasteiger partial charge in [0.1, 0.15) is 0 Å². The molecule has 1 rings (SSSR count).